The predicted molar refractivity (Wildman–Crippen MR) is 112 cm³/mol. The van der Waals surface area contributed by atoms with Crippen LogP contribution in [0.3, 0.4) is 0 Å². The van der Waals surface area contributed by atoms with E-state index in [1.807, 2.05) is 40.9 Å². The largest absolute Gasteiger partial charge is 0.303 e. The van der Waals surface area contributed by atoms with Gasteiger partial charge in [-0.3, -0.25) is 0 Å². The van der Waals surface area contributed by atoms with Gasteiger partial charge in [-0.2, -0.15) is 14.8 Å². The third-order valence-corrected chi connectivity index (χ3v) is 7.31. The standard InChI is InChI=1S/C22H18FN5O2S/c23-18-4-6-19(7-5-18)31(29,30)27-11-8-17(9-12-27)22-26-20(13-16(14-24)15-25)21-3-1-2-10-28(21)22/h1-7,10,13,17H,8-9,11-12H2. The normalized spacial score (nSPS) is 15.3. The van der Waals surface area contributed by atoms with Crippen molar-refractivity contribution in [1.82, 2.24) is 13.7 Å². The number of hydrogen-bond donors (Lipinski definition) is 0. The summed E-state index contributed by atoms with van der Waals surface area (Å²) in [5, 5.41) is 18.1. The lowest BCUT2D eigenvalue weighted by molar-refractivity contribution is 0.313. The number of imidazole rings is 1. The maximum absolute atomic E-state index is 13.2. The molecule has 7 nitrogen and oxygen atoms in total. The molecule has 1 aliphatic rings. The van der Waals surface area contributed by atoms with E-state index in [9.17, 15) is 12.8 Å². The van der Waals surface area contributed by atoms with E-state index in [0.29, 0.717) is 31.6 Å². The van der Waals surface area contributed by atoms with Gasteiger partial charge in [0.2, 0.25) is 10.0 Å². The highest BCUT2D eigenvalue weighted by molar-refractivity contribution is 7.89. The molecular weight excluding hydrogens is 417 g/mol. The number of piperidine rings is 1. The smallest absolute Gasteiger partial charge is 0.243 e. The van der Waals surface area contributed by atoms with Gasteiger partial charge in [-0.1, -0.05) is 6.07 Å². The Morgan fingerprint density at radius 2 is 1.77 bits per heavy atom. The van der Waals surface area contributed by atoms with Crippen LogP contribution in [0.25, 0.3) is 11.6 Å². The molecule has 0 saturated carbocycles. The summed E-state index contributed by atoms with van der Waals surface area (Å²) in [6.45, 7) is 0.637. The van der Waals surface area contributed by atoms with Gasteiger partial charge in [0.05, 0.1) is 16.1 Å². The molecular formula is C22H18FN5O2S. The van der Waals surface area contributed by atoms with Gasteiger partial charge in [0.1, 0.15) is 29.4 Å². The van der Waals surface area contributed by atoms with Gasteiger partial charge in [-0.25, -0.2) is 17.8 Å². The molecule has 1 saturated heterocycles. The van der Waals surface area contributed by atoms with Gasteiger partial charge in [-0.15, -0.1) is 0 Å². The van der Waals surface area contributed by atoms with Crippen molar-refractivity contribution in [1.29, 1.82) is 10.5 Å². The molecule has 9 heteroatoms. The Morgan fingerprint density at radius 3 is 2.42 bits per heavy atom. The van der Waals surface area contributed by atoms with Gasteiger partial charge in [-0.05, 0) is 55.3 Å². The number of nitrogens with zero attached hydrogens (tertiary/aromatic N) is 5. The topological polar surface area (TPSA) is 102 Å². The Hall–Kier alpha value is -3.53. The number of aromatic nitrogens is 2. The van der Waals surface area contributed by atoms with Crippen molar-refractivity contribution in [3.05, 3.63) is 71.6 Å². The van der Waals surface area contributed by atoms with Crippen LogP contribution in [0, 0.1) is 28.5 Å². The SMILES string of the molecule is N#CC(C#N)=Cc1nc(C2CCN(S(=O)(=O)c3ccc(F)cc3)CC2)n2ccccc12. The van der Waals surface area contributed by atoms with E-state index < -0.39 is 15.8 Å². The Labute approximate surface area is 179 Å². The fourth-order valence-electron chi connectivity index (χ4n) is 3.82. The van der Waals surface area contributed by atoms with Crippen molar-refractivity contribution in [2.24, 2.45) is 0 Å². The second-order valence-corrected chi connectivity index (χ2v) is 9.16. The molecule has 1 fully saturated rings. The van der Waals surface area contributed by atoms with Crippen molar-refractivity contribution in [2.45, 2.75) is 23.7 Å². The third kappa shape index (κ3) is 3.93. The first-order valence-corrected chi connectivity index (χ1v) is 11.1. The summed E-state index contributed by atoms with van der Waals surface area (Å²) >= 11 is 0. The second kappa shape index (κ2) is 8.31. The van der Waals surface area contributed by atoms with E-state index in [4.69, 9.17) is 10.5 Å². The summed E-state index contributed by atoms with van der Waals surface area (Å²) in [5.41, 5.74) is 1.28. The zero-order valence-electron chi connectivity index (χ0n) is 16.4. The quantitative estimate of drug-likeness (QED) is 0.584. The molecule has 2 aromatic heterocycles. The van der Waals surface area contributed by atoms with Crippen molar-refractivity contribution in [3.63, 3.8) is 0 Å². The number of rotatable bonds is 4. The first-order chi connectivity index (χ1) is 14.9. The monoisotopic (exact) mass is 435 g/mol. The Bertz CT molecular complexity index is 1320. The third-order valence-electron chi connectivity index (χ3n) is 5.40. The molecule has 0 atom stereocenters. The minimum absolute atomic E-state index is 0.0179. The van der Waals surface area contributed by atoms with Crippen molar-refractivity contribution in [3.8, 4) is 12.1 Å². The van der Waals surface area contributed by atoms with E-state index >= 15 is 0 Å². The van der Waals surface area contributed by atoms with Gasteiger partial charge < -0.3 is 4.40 Å². The molecule has 0 aliphatic carbocycles. The summed E-state index contributed by atoms with van der Waals surface area (Å²) in [5.74, 6) is 0.310. The Morgan fingerprint density at radius 1 is 1.10 bits per heavy atom. The first kappa shape index (κ1) is 20.7. The maximum Gasteiger partial charge on any atom is 0.243 e. The second-order valence-electron chi connectivity index (χ2n) is 7.23. The summed E-state index contributed by atoms with van der Waals surface area (Å²) in [6, 6.07) is 14.1. The van der Waals surface area contributed by atoms with Gasteiger partial charge in [0.15, 0.2) is 0 Å². The number of pyridine rings is 1. The number of fused-ring (bicyclic) bond motifs is 1. The lowest BCUT2D eigenvalue weighted by atomic mass is 9.97. The van der Waals surface area contributed by atoms with Gasteiger partial charge in [0.25, 0.3) is 0 Å². The molecule has 4 rings (SSSR count). The van der Waals surface area contributed by atoms with Crippen LogP contribution < -0.4 is 0 Å². The lowest BCUT2D eigenvalue weighted by Gasteiger charge is -2.30. The summed E-state index contributed by atoms with van der Waals surface area (Å²) in [7, 11) is -3.69. The number of nitriles is 2. The molecule has 3 aromatic rings. The zero-order valence-corrected chi connectivity index (χ0v) is 17.3. The maximum atomic E-state index is 13.2. The minimum Gasteiger partial charge on any atom is -0.303 e. The number of benzene rings is 1. The van der Waals surface area contributed by atoms with Gasteiger partial charge in [0, 0.05) is 25.2 Å². The van der Waals surface area contributed by atoms with E-state index in [1.165, 1.54) is 22.5 Å². The number of halogens is 1. The number of sulfonamides is 1. The molecule has 0 spiro atoms. The summed E-state index contributed by atoms with van der Waals surface area (Å²) in [4.78, 5) is 4.75. The number of allylic oxidation sites excluding steroid dienone is 1. The van der Waals surface area contributed by atoms with Crippen LogP contribution in [0.1, 0.15) is 30.3 Å². The molecule has 31 heavy (non-hydrogen) atoms. The Kier molecular flexibility index (Phi) is 5.55. The molecule has 0 unspecified atom stereocenters. The highest BCUT2D eigenvalue weighted by Gasteiger charge is 2.31. The zero-order chi connectivity index (χ0) is 22.0. The molecule has 0 bridgehead atoms. The summed E-state index contributed by atoms with van der Waals surface area (Å²) < 4.78 is 42.2. The number of hydrogen-bond acceptors (Lipinski definition) is 5. The van der Waals surface area contributed by atoms with Crippen molar-refractivity contribution < 1.29 is 12.8 Å². The minimum atomic E-state index is -3.69. The van der Waals surface area contributed by atoms with Crippen LogP contribution >= 0.6 is 0 Å². The fraction of sp³-hybridized carbons (Fsp3) is 0.227. The molecule has 0 N–H and O–H groups in total. The molecule has 156 valence electrons. The van der Waals surface area contributed by atoms with E-state index in [1.54, 1.807) is 0 Å². The molecule has 1 aliphatic heterocycles. The molecule has 3 heterocycles. The van der Waals surface area contributed by atoms with Crippen LogP contribution in [0.4, 0.5) is 4.39 Å². The first-order valence-electron chi connectivity index (χ1n) is 9.68. The van der Waals surface area contributed by atoms with E-state index in [2.05, 4.69) is 4.98 Å². The van der Waals surface area contributed by atoms with Crippen LogP contribution in [-0.2, 0) is 10.0 Å². The predicted octanol–water partition coefficient (Wildman–Crippen LogP) is 3.47. The van der Waals surface area contributed by atoms with Crippen LogP contribution in [-0.4, -0.2) is 35.2 Å². The van der Waals surface area contributed by atoms with Crippen LogP contribution in [0.2, 0.25) is 0 Å². The average molecular weight is 435 g/mol. The highest BCUT2D eigenvalue weighted by Crippen LogP contribution is 2.32. The molecule has 1 aromatic carbocycles. The van der Waals surface area contributed by atoms with E-state index in [-0.39, 0.29) is 16.4 Å². The average Bonchev–Trinajstić information content (AvgIpc) is 3.16. The molecule has 0 amide bonds. The van der Waals surface area contributed by atoms with Gasteiger partial charge >= 0.3 is 0 Å². The summed E-state index contributed by atoms with van der Waals surface area (Å²) in [6.07, 6.45) is 4.48. The van der Waals surface area contributed by atoms with Crippen molar-refractivity contribution >= 4 is 21.6 Å². The van der Waals surface area contributed by atoms with Crippen molar-refractivity contribution in [2.75, 3.05) is 13.1 Å². The fourth-order valence-corrected chi connectivity index (χ4v) is 5.29. The Balaban J connectivity index is 1.60. The van der Waals surface area contributed by atoms with Crippen LogP contribution in [0.15, 0.2) is 59.1 Å². The molecule has 0 radical (unpaired) electrons. The van der Waals surface area contributed by atoms with Crippen LogP contribution in [0.5, 0.6) is 0 Å². The highest BCUT2D eigenvalue weighted by atomic mass is 32.2. The van der Waals surface area contributed by atoms with E-state index in [0.717, 1.165) is 23.5 Å². The lowest BCUT2D eigenvalue weighted by Crippen LogP contribution is -2.38.